The summed E-state index contributed by atoms with van der Waals surface area (Å²) in [5.74, 6) is 0.790. The third-order valence-corrected chi connectivity index (χ3v) is 4.22. The molecule has 1 aromatic carbocycles. The van der Waals surface area contributed by atoms with E-state index in [1.165, 1.54) is 0 Å². The zero-order valence-corrected chi connectivity index (χ0v) is 13.0. The molecular formula is C18H13N3OS. The smallest absolute Gasteiger partial charge is 0.230 e. The minimum absolute atomic E-state index is 0.312. The molecule has 0 fully saturated rings. The van der Waals surface area contributed by atoms with Crippen LogP contribution in [-0.2, 0) is 0 Å². The number of hydrogen-bond donors (Lipinski definition) is 1. The van der Waals surface area contributed by atoms with Crippen LogP contribution in [0.5, 0.6) is 0 Å². The molecule has 0 aliphatic carbocycles. The van der Waals surface area contributed by atoms with Gasteiger partial charge in [0.1, 0.15) is 5.69 Å². The SMILES string of the molecule is Nc1oc(-c2cncc(-c3ccsc3)c2)nc1-c1ccccc1. The van der Waals surface area contributed by atoms with E-state index in [2.05, 4.69) is 21.4 Å². The van der Waals surface area contributed by atoms with Gasteiger partial charge >= 0.3 is 0 Å². The second kappa shape index (κ2) is 5.70. The fourth-order valence-electron chi connectivity index (χ4n) is 2.40. The standard InChI is InChI=1S/C18H13N3OS/c19-17-16(12-4-2-1-3-5-12)21-18(22-17)15-8-14(9-20-10-15)13-6-7-23-11-13/h1-11H,19H2. The Morgan fingerprint density at radius 1 is 0.913 bits per heavy atom. The van der Waals surface area contributed by atoms with E-state index in [9.17, 15) is 0 Å². The lowest BCUT2D eigenvalue weighted by atomic mass is 10.1. The van der Waals surface area contributed by atoms with Crippen molar-refractivity contribution in [2.24, 2.45) is 0 Å². The van der Waals surface area contributed by atoms with Gasteiger partial charge in [-0.15, -0.1) is 0 Å². The fraction of sp³-hybridized carbons (Fsp3) is 0. The number of oxazole rings is 1. The Kier molecular flexibility index (Phi) is 3.40. The first-order valence-corrected chi connectivity index (χ1v) is 8.05. The first-order chi connectivity index (χ1) is 11.3. The van der Waals surface area contributed by atoms with Crippen LogP contribution in [0.25, 0.3) is 33.8 Å². The molecule has 4 rings (SSSR count). The second-order valence-electron chi connectivity index (χ2n) is 5.07. The lowest BCUT2D eigenvalue weighted by Gasteiger charge is -1.99. The predicted molar refractivity (Wildman–Crippen MR) is 92.9 cm³/mol. The van der Waals surface area contributed by atoms with Crippen LogP contribution in [0.2, 0.25) is 0 Å². The Morgan fingerprint density at radius 2 is 1.74 bits per heavy atom. The van der Waals surface area contributed by atoms with Gasteiger partial charge in [-0.3, -0.25) is 4.98 Å². The molecule has 0 atom stereocenters. The summed E-state index contributed by atoms with van der Waals surface area (Å²) < 4.78 is 5.66. The summed E-state index contributed by atoms with van der Waals surface area (Å²) in [5, 5.41) is 4.12. The quantitative estimate of drug-likeness (QED) is 0.593. The zero-order chi connectivity index (χ0) is 15.6. The summed E-state index contributed by atoms with van der Waals surface area (Å²) in [4.78, 5) is 8.84. The molecule has 0 unspecified atom stereocenters. The molecule has 0 saturated carbocycles. The van der Waals surface area contributed by atoms with Crippen molar-refractivity contribution in [2.45, 2.75) is 0 Å². The molecule has 112 valence electrons. The first kappa shape index (κ1) is 13.7. The number of nitrogens with two attached hydrogens (primary N) is 1. The Hall–Kier alpha value is -2.92. The highest BCUT2D eigenvalue weighted by atomic mass is 32.1. The van der Waals surface area contributed by atoms with Gasteiger partial charge in [0.25, 0.3) is 0 Å². The highest BCUT2D eigenvalue weighted by Crippen LogP contribution is 2.32. The van der Waals surface area contributed by atoms with E-state index in [1.54, 1.807) is 17.5 Å². The van der Waals surface area contributed by atoms with Crippen molar-refractivity contribution in [1.82, 2.24) is 9.97 Å². The normalized spacial score (nSPS) is 10.8. The van der Waals surface area contributed by atoms with Gasteiger partial charge in [-0.1, -0.05) is 30.3 Å². The van der Waals surface area contributed by atoms with Crippen molar-refractivity contribution in [2.75, 3.05) is 5.73 Å². The Labute approximate surface area is 137 Å². The van der Waals surface area contributed by atoms with Gasteiger partial charge in [-0.2, -0.15) is 11.3 Å². The zero-order valence-electron chi connectivity index (χ0n) is 12.1. The number of nitrogen functional groups attached to an aromatic ring is 1. The van der Waals surface area contributed by atoms with Crippen LogP contribution in [0.15, 0.2) is 70.0 Å². The average molecular weight is 319 g/mol. The second-order valence-corrected chi connectivity index (χ2v) is 5.85. The van der Waals surface area contributed by atoms with Crippen molar-refractivity contribution in [3.63, 3.8) is 0 Å². The summed E-state index contributed by atoms with van der Waals surface area (Å²) >= 11 is 1.65. The third-order valence-electron chi connectivity index (χ3n) is 3.54. The number of benzene rings is 1. The van der Waals surface area contributed by atoms with E-state index in [0.717, 1.165) is 22.3 Å². The Balaban J connectivity index is 1.76. The molecular weight excluding hydrogens is 306 g/mol. The van der Waals surface area contributed by atoms with E-state index in [0.29, 0.717) is 17.5 Å². The third kappa shape index (κ3) is 2.62. The van der Waals surface area contributed by atoms with Crippen LogP contribution in [0.1, 0.15) is 0 Å². The summed E-state index contributed by atoms with van der Waals surface area (Å²) in [5.41, 5.74) is 10.6. The number of anilines is 1. The van der Waals surface area contributed by atoms with Gasteiger partial charge in [0.15, 0.2) is 0 Å². The first-order valence-electron chi connectivity index (χ1n) is 7.11. The van der Waals surface area contributed by atoms with Crippen LogP contribution < -0.4 is 5.73 Å². The fourth-order valence-corrected chi connectivity index (χ4v) is 3.07. The van der Waals surface area contributed by atoms with Gasteiger partial charge in [-0.05, 0) is 28.5 Å². The van der Waals surface area contributed by atoms with Gasteiger partial charge in [0.2, 0.25) is 11.8 Å². The molecule has 2 N–H and O–H groups in total. The maximum absolute atomic E-state index is 6.00. The molecule has 0 aliphatic heterocycles. The average Bonchev–Trinajstić information content (AvgIpc) is 3.25. The minimum Gasteiger partial charge on any atom is -0.420 e. The van der Waals surface area contributed by atoms with E-state index in [1.807, 2.05) is 48.0 Å². The van der Waals surface area contributed by atoms with E-state index in [4.69, 9.17) is 10.2 Å². The molecule has 4 nitrogen and oxygen atoms in total. The van der Waals surface area contributed by atoms with Gasteiger partial charge < -0.3 is 10.2 Å². The maximum Gasteiger partial charge on any atom is 0.230 e. The number of nitrogens with zero attached hydrogens (tertiary/aromatic N) is 2. The molecule has 4 aromatic rings. The number of rotatable bonds is 3. The van der Waals surface area contributed by atoms with E-state index >= 15 is 0 Å². The minimum atomic E-state index is 0.312. The number of thiophene rings is 1. The topological polar surface area (TPSA) is 64.9 Å². The molecule has 0 saturated heterocycles. The van der Waals surface area contributed by atoms with E-state index < -0.39 is 0 Å². The molecule has 0 bridgehead atoms. The lowest BCUT2D eigenvalue weighted by molar-refractivity contribution is 0.594. The highest BCUT2D eigenvalue weighted by Gasteiger charge is 2.14. The summed E-state index contributed by atoms with van der Waals surface area (Å²) in [6.45, 7) is 0. The van der Waals surface area contributed by atoms with Crippen LogP contribution in [0.3, 0.4) is 0 Å². The van der Waals surface area contributed by atoms with Crippen LogP contribution in [0, 0.1) is 0 Å². The predicted octanol–water partition coefficient (Wildman–Crippen LogP) is 4.71. The molecule has 5 heteroatoms. The van der Waals surface area contributed by atoms with Gasteiger partial charge in [0, 0.05) is 23.5 Å². The van der Waals surface area contributed by atoms with Crippen molar-refractivity contribution >= 4 is 17.2 Å². The lowest BCUT2D eigenvalue weighted by Crippen LogP contribution is -1.85. The van der Waals surface area contributed by atoms with Gasteiger partial charge in [0.05, 0.1) is 5.56 Å². The molecule has 0 spiro atoms. The number of hydrogen-bond acceptors (Lipinski definition) is 5. The Morgan fingerprint density at radius 3 is 2.52 bits per heavy atom. The molecule has 23 heavy (non-hydrogen) atoms. The van der Waals surface area contributed by atoms with Crippen LogP contribution in [0.4, 0.5) is 5.88 Å². The largest absolute Gasteiger partial charge is 0.420 e. The molecule has 0 radical (unpaired) electrons. The van der Waals surface area contributed by atoms with Crippen LogP contribution >= 0.6 is 11.3 Å². The molecule has 3 heterocycles. The highest BCUT2D eigenvalue weighted by molar-refractivity contribution is 7.08. The van der Waals surface area contributed by atoms with Gasteiger partial charge in [-0.25, -0.2) is 4.98 Å². The molecule has 0 amide bonds. The van der Waals surface area contributed by atoms with Crippen molar-refractivity contribution in [3.8, 4) is 33.8 Å². The summed E-state index contributed by atoms with van der Waals surface area (Å²) in [7, 11) is 0. The molecule has 3 aromatic heterocycles. The summed E-state index contributed by atoms with van der Waals surface area (Å²) in [6, 6.07) is 13.8. The maximum atomic E-state index is 6.00. The van der Waals surface area contributed by atoms with Crippen molar-refractivity contribution in [3.05, 3.63) is 65.6 Å². The monoisotopic (exact) mass is 319 g/mol. The molecule has 0 aliphatic rings. The number of pyridine rings is 1. The van der Waals surface area contributed by atoms with Crippen molar-refractivity contribution in [1.29, 1.82) is 0 Å². The Bertz CT molecular complexity index is 930. The van der Waals surface area contributed by atoms with E-state index in [-0.39, 0.29) is 0 Å². The summed E-state index contributed by atoms with van der Waals surface area (Å²) in [6.07, 6.45) is 3.56. The van der Waals surface area contributed by atoms with Crippen LogP contribution in [-0.4, -0.2) is 9.97 Å². The number of aromatic nitrogens is 2. The van der Waals surface area contributed by atoms with Crippen molar-refractivity contribution < 1.29 is 4.42 Å².